The standard InChI is InChI=1S/C13H19BrN2O3S/c1-19-13-7-11(4-5-12(13)14)20(17,18)16-9-10-3-2-6-15-8-10/h4-5,7,10,15-16H,2-3,6,8-9H2,1H3/t10-/m1/s1. The Hall–Kier alpha value is -0.630. The molecule has 0 aliphatic carbocycles. The zero-order valence-electron chi connectivity index (χ0n) is 11.4. The molecule has 0 radical (unpaired) electrons. The van der Waals surface area contributed by atoms with Crippen LogP contribution in [-0.2, 0) is 10.0 Å². The quantitative estimate of drug-likeness (QED) is 0.836. The van der Waals surface area contributed by atoms with Crippen LogP contribution in [0.5, 0.6) is 5.75 Å². The van der Waals surface area contributed by atoms with Crippen molar-refractivity contribution in [2.45, 2.75) is 17.7 Å². The molecule has 112 valence electrons. The third kappa shape index (κ3) is 3.94. The van der Waals surface area contributed by atoms with E-state index in [0.717, 1.165) is 30.4 Å². The summed E-state index contributed by atoms with van der Waals surface area (Å²) in [7, 11) is -1.98. The highest BCUT2D eigenvalue weighted by atomic mass is 79.9. The van der Waals surface area contributed by atoms with Crippen molar-refractivity contribution >= 4 is 26.0 Å². The zero-order valence-corrected chi connectivity index (χ0v) is 13.8. The van der Waals surface area contributed by atoms with E-state index in [-0.39, 0.29) is 4.90 Å². The molecule has 1 aromatic rings. The molecular formula is C13H19BrN2O3S. The Balaban J connectivity index is 2.05. The van der Waals surface area contributed by atoms with Gasteiger partial charge in [-0.2, -0.15) is 0 Å². The van der Waals surface area contributed by atoms with Crippen LogP contribution in [0.25, 0.3) is 0 Å². The first-order valence-electron chi connectivity index (χ1n) is 6.57. The Morgan fingerprint density at radius 2 is 2.30 bits per heavy atom. The summed E-state index contributed by atoms with van der Waals surface area (Å²) in [4.78, 5) is 0.223. The van der Waals surface area contributed by atoms with E-state index >= 15 is 0 Å². The Kier molecular flexibility index (Phi) is 5.42. The fraction of sp³-hybridized carbons (Fsp3) is 0.538. The number of halogens is 1. The number of ether oxygens (including phenoxy) is 1. The average Bonchev–Trinajstić information content (AvgIpc) is 2.46. The van der Waals surface area contributed by atoms with Gasteiger partial charge in [-0.15, -0.1) is 0 Å². The largest absolute Gasteiger partial charge is 0.496 e. The Morgan fingerprint density at radius 3 is 2.95 bits per heavy atom. The molecule has 0 aromatic heterocycles. The van der Waals surface area contributed by atoms with Crippen molar-refractivity contribution in [2.75, 3.05) is 26.7 Å². The molecule has 2 rings (SSSR count). The minimum absolute atomic E-state index is 0.223. The number of hydrogen-bond acceptors (Lipinski definition) is 4. The molecule has 1 aliphatic heterocycles. The monoisotopic (exact) mass is 362 g/mol. The summed E-state index contributed by atoms with van der Waals surface area (Å²) in [5.41, 5.74) is 0. The van der Waals surface area contributed by atoms with Gasteiger partial charge in [0.15, 0.2) is 0 Å². The number of benzene rings is 1. The van der Waals surface area contributed by atoms with E-state index in [1.54, 1.807) is 12.1 Å². The van der Waals surface area contributed by atoms with E-state index in [1.165, 1.54) is 13.2 Å². The molecule has 1 fully saturated rings. The van der Waals surface area contributed by atoms with E-state index in [1.807, 2.05) is 0 Å². The molecule has 0 saturated carbocycles. The van der Waals surface area contributed by atoms with Crippen LogP contribution in [0, 0.1) is 5.92 Å². The van der Waals surface area contributed by atoms with Gasteiger partial charge in [0.1, 0.15) is 5.75 Å². The number of rotatable bonds is 5. The van der Waals surface area contributed by atoms with Crippen LogP contribution in [0.15, 0.2) is 27.6 Å². The van der Waals surface area contributed by atoms with E-state index < -0.39 is 10.0 Å². The summed E-state index contributed by atoms with van der Waals surface area (Å²) in [5.74, 6) is 0.864. The molecule has 0 bridgehead atoms. The van der Waals surface area contributed by atoms with Crippen LogP contribution >= 0.6 is 15.9 Å². The minimum atomic E-state index is -3.49. The van der Waals surface area contributed by atoms with Gasteiger partial charge < -0.3 is 10.1 Å². The predicted octanol–water partition coefficient (Wildman–Crippen LogP) is 1.74. The van der Waals surface area contributed by atoms with Crippen molar-refractivity contribution in [3.8, 4) is 5.75 Å². The maximum atomic E-state index is 12.3. The van der Waals surface area contributed by atoms with E-state index in [2.05, 4.69) is 26.0 Å². The van der Waals surface area contributed by atoms with Crippen molar-refractivity contribution in [3.05, 3.63) is 22.7 Å². The molecule has 1 saturated heterocycles. The summed E-state index contributed by atoms with van der Waals surface area (Å²) in [6.45, 7) is 2.35. The Labute approximate surface area is 128 Å². The van der Waals surface area contributed by atoms with Gasteiger partial charge in [0.25, 0.3) is 0 Å². The topological polar surface area (TPSA) is 67.4 Å². The highest BCUT2D eigenvalue weighted by molar-refractivity contribution is 9.10. The van der Waals surface area contributed by atoms with Gasteiger partial charge in [-0.1, -0.05) is 0 Å². The van der Waals surface area contributed by atoms with Crippen LogP contribution in [0.3, 0.4) is 0 Å². The fourth-order valence-electron chi connectivity index (χ4n) is 2.22. The molecule has 20 heavy (non-hydrogen) atoms. The maximum absolute atomic E-state index is 12.3. The summed E-state index contributed by atoms with van der Waals surface area (Å²) in [5, 5.41) is 3.28. The van der Waals surface area contributed by atoms with E-state index in [9.17, 15) is 8.42 Å². The van der Waals surface area contributed by atoms with E-state index in [0.29, 0.717) is 18.2 Å². The molecule has 5 nitrogen and oxygen atoms in total. The molecule has 1 aliphatic rings. The highest BCUT2D eigenvalue weighted by Crippen LogP contribution is 2.27. The molecular weight excluding hydrogens is 344 g/mol. The van der Waals surface area contributed by atoms with Crippen LogP contribution < -0.4 is 14.8 Å². The second kappa shape index (κ2) is 6.89. The smallest absolute Gasteiger partial charge is 0.240 e. The van der Waals surface area contributed by atoms with Crippen molar-refractivity contribution in [3.63, 3.8) is 0 Å². The summed E-state index contributed by atoms with van der Waals surface area (Å²) in [6, 6.07) is 4.76. The predicted molar refractivity (Wildman–Crippen MR) is 81.5 cm³/mol. The molecule has 1 atom stereocenters. The normalized spacial score (nSPS) is 19.8. The Morgan fingerprint density at radius 1 is 1.50 bits per heavy atom. The van der Waals surface area contributed by atoms with Crippen molar-refractivity contribution < 1.29 is 13.2 Å². The second-order valence-electron chi connectivity index (χ2n) is 4.86. The number of sulfonamides is 1. The highest BCUT2D eigenvalue weighted by Gasteiger charge is 2.19. The first-order valence-corrected chi connectivity index (χ1v) is 8.84. The summed E-state index contributed by atoms with van der Waals surface area (Å²) < 4.78 is 33.0. The molecule has 1 aromatic carbocycles. The maximum Gasteiger partial charge on any atom is 0.240 e. The zero-order chi connectivity index (χ0) is 14.6. The lowest BCUT2D eigenvalue weighted by molar-refractivity contribution is 0.375. The molecule has 0 unspecified atom stereocenters. The molecule has 7 heteroatoms. The van der Waals surface area contributed by atoms with Gasteiger partial charge in [-0.3, -0.25) is 0 Å². The van der Waals surface area contributed by atoms with Gasteiger partial charge in [0.2, 0.25) is 10.0 Å². The van der Waals surface area contributed by atoms with Crippen LogP contribution in [-0.4, -0.2) is 35.2 Å². The first-order chi connectivity index (χ1) is 9.53. The lowest BCUT2D eigenvalue weighted by Gasteiger charge is -2.22. The number of hydrogen-bond donors (Lipinski definition) is 2. The van der Waals surface area contributed by atoms with Crippen LogP contribution in [0.1, 0.15) is 12.8 Å². The van der Waals surface area contributed by atoms with Gasteiger partial charge in [0.05, 0.1) is 16.5 Å². The SMILES string of the molecule is COc1cc(S(=O)(=O)NC[C@@H]2CCCNC2)ccc1Br. The Bertz CT molecular complexity index is 557. The van der Waals surface area contributed by atoms with Gasteiger partial charge in [-0.25, -0.2) is 13.1 Å². The fourth-order valence-corrected chi connectivity index (χ4v) is 3.76. The van der Waals surface area contributed by atoms with Crippen molar-refractivity contribution in [1.29, 1.82) is 0 Å². The summed E-state index contributed by atoms with van der Waals surface area (Å²) >= 11 is 3.31. The second-order valence-corrected chi connectivity index (χ2v) is 7.48. The average molecular weight is 363 g/mol. The first kappa shape index (κ1) is 15.8. The minimum Gasteiger partial charge on any atom is -0.496 e. The van der Waals surface area contributed by atoms with Gasteiger partial charge in [0, 0.05) is 12.6 Å². The van der Waals surface area contributed by atoms with Crippen LogP contribution in [0.2, 0.25) is 0 Å². The number of methoxy groups -OCH3 is 1. The molecule has 1 heterocycles. The lowest BCUT2D eigenvalue weighted by atomic mass is 10.0. The number of nitrogens with one attached hydrogen (secondary N) is 2. The molecule has 0 spiro atoms. The number of piperidine rings is 1. The molecule has 0 amide bonds. The van der Waals surface area contributed by atoms with Gasteiger partial charge in [-0.05, 0) is 59.9 Å². The summed E-state index contributed by atoms with van der Waals surface area (Å²) in [6.07, 6.45) is 2.15. The van der Waals surface area contributed by atoms with Gasteiger partial charge >= 0.3 is 0 Å². The van der Waals surface area contributed by atoms with E-state index in [4.69, 9.17) is 4.74 Å². The third-order valence-electron chi connectivity index (χ3n) is 3.39. The third-order valence-corrected chi connectivity index (χ3v) is 5.47. The van der Waals surface area contributed by atoms with Crippen molar-refractivity contribution in [2.24, 2.45) is 5.92 Å². The molecule has 2 N–H and O–H groups in total. The van der Waals surface area contributed by atoms with Crippen LogP contribution in [0.4, 0.5) is 0 Å². The van der Waals surface area contributed by atoms with Crippen molar-refractivity contribution in [1.82, 2.24) is 10.0 Å². The lowest BCUT2D eigenvalue weighted by Crippen LogP contribution is -2.38.